The number of para-hydroxylation sites is 1. The summed E-state index contributed by atoms with van der Waals surface area (Å²) >= 11 is 3.49. The summed E-state index contributed by atoms with van der Waals surface area (Å²) in [5.41, 5.74) is 3.10. The van der Waals surface area contributed by atoms with Crippen LogP contribution >= 0.6 is 15.9 Å². The number of rotatable bonds is 10. The van der Waals surface area contributed by atoms with E-state index in [2.05, 4.69) is 27.6 Å². The fourth-order valence-electron chi connectivity index (χ4n) is 4.97. The van der Waals surface area contributed by atoms with Gasteiger partial charge in [-0.3, -0.25) is 4.79 Å². The quantitative estimate of drug-likeness (QED) is 0.119. The lowest BCUT2D eigenvalue weighted by Gasteiger charge is -2.16. The van der Waals surface area contributed by atoms with Crippen LogP contribution in [0, 0.1) is 0 Å². The number of nitrogens with zero attached hydrogens (tertiary/aromatic N) is 3. The van der Waals surface area contributed by atoms with E-state index in [0.29, 0.717) is 51.3 Å². The highest BCUT2D eigenvalue weighted by Gasteiger charge is 2.18. The van der Waals surface area contributed by atoms with E-state index in [1.165, 1.54) is 17.9 Å². The monoisotopic (exact) mass is 663 g/mol. The van der Waals surface area contributed by atoms with Gasteiger partial charge >= 0.3 is 5.97 Å². The zero-order chi connectivity index (χ0) is 31.5. The molecule has 0 radical (unpaired) electrons. The summed E-state index contributed by atoms with van der Waals surface area (Å²) in [5, 5.41) is 15.2. The van der Waals surface area contributed by atoms with Crippen LogP contribution in [0.3, 0.4) is 0 Å². The number of aromatic nitrogens is 2. The number of carboxylic acid groups (broad SMARTS) is 1. The Kier molecular flexibility index (Phi) is 8.30. The van der Waals surface area contributed by atoms with Crippen molar-refractivity contribution in [2.45, 2.75) is 13.0 Å². The fraction of sp³-hybridized carbons (Fsp3) is 0.0857. The van der Waals surface area contributed by atoms with Crippen LogP contribution in [0.2, 0.25) is 0 Å². The molecule has 6 aromatic rings. The van der Waals surface area contributed by atoms with E-state index in [-0.39, 0.29) is 23.6 Å². The van der Waals surface area contributed by atoms with Crippen molar-refractivity contribution in [3.63, 3.8) is 0 Å². The van der Waals surface area contributed by atoms with Crippen molar-refractivity contribution in [2.24, 2.45) is 5.10 Å². The standard InChI is InChI=1S/C35H26BrN3O6/c1-3-7-23-15-22(16-30(43-2)32(23)44-20-21-8-6-9-24(14-21)35(41)42)19-37-39-33(38-28-11-5-4-10-27(28)34(39)40)31-18-25-17-26(36)12-13-29(25)45-31/h3-6,8-19H,1,7,20H2,2H3,(H,41,42). The van der Waals surface area contributed by atoms with Gasteiger partial charge in [-0.2, -0.15) is 9.78 Å². The van der Waals surface area contributed by atoms with E-state index in [1.807, 2.05) is 36.4 Å². The third kappa shape index (κ3) is 6.13. The Morgan fingerprint density at radius 1 is 1.09 bits per heavy atom. The smallest absolute Gasteiger partial charge is 0.335 e. The molecule has 6 rings (SSSR count). The molecule has 45 heavy (non-hydrogen) atoms. The lowest BCUT2D eigenvalue weighted by atomic mass is 10.1. The van der Waals surface area contributed by atoms with Gasteiger partial charge in [-0.25, -0.2) is 9.78 Å². The summed E-state index contributed by atoms with van der Waals surface area (Å²) in [5.74, 6) is 0.571. The van der Waals surface area contributed by atoms with Crippen LogP contribution in [-0.2, 0) is 13.0 Å². The molecule has 224 valence electrons. The second-order valence-electron chi connectivity index (χ2n) is 10.1. The normalized spacial score (nSPS) is 11.3. The Morgan fingerprint density at radius 2 is 1.93 bits per heavy atom. The average molecular weight is 665 g/mol. The van der Waals surface area contributed by atoms with Gasteiger partial charge in [0.1, 0.15) is 12.2 Å². The zero-order valence-corrected chi connectivity index (χ0v) is 25.7. The van der Waals surface area contributed by atoms with Crippen LogP contribution in [0.1, 0.15) is 27.0 Å². The highest BCUT2D eigenvalue weighted by atomic mass is 79.9. The zero-order valence-electron chi connectivity index (χ0n) is 24.1. The van der Waals surface area contributed by atoms with Crippen molar-refractivity contribution in [3.8, 4) is 23.1 Å². The van der Waals surface area contributed by atoms with E-state index in [9.17, 15) is 14.7 Å². The molecular weight excluding hydrogens is 638 g/mol. The minimum atomic E-state index is -1.01. The van der Waals surface area contributed by atoms with Gasteiger partial charge in [0.25, 0.3) is 5.56 Å². The predicted molar refractivity (Wildman–Crippen MR) is 177 cm³/mol. The summed E-state index contributed by atoms with van der Waals surface area (Å²) in [6.45, 7) is 4.00. The Hall–Kier alpha value is -5.48. The molecule has 2 heterocycles. The molecule has 9 nitrogen and oxygen atoms in total. The van der Waals surface area contributed by atoms with Gasteiger partial charge in [0, 0.05) is 15.4 Å². The number of halogens is 1. The molecule has 2 aromatic heterocycles. The Balaban J connectivity index is 1.40. The number of aromatic carboxylic acids is 1. The topological polar surface area (TPSA) is 116 Å². The summed E-state index contributed by atoms with van der Waals surface area (Å²) in [6, 6.07) is 24.7. The Bertz CT molecular complexity index is 2180. The second-order valence-corrected chi connectivity index (χ2v) is 11.0. The van der Waals surface area contributed by atoms with Gasteiger partial charge in [-0.1, -0.05) is 46.3 Å². The molecule has 0 unspecified atom stereocenters. The molecule has 1 N–H and O–H groups in total. The highest BCUT2D eigenvalue weighted by molar-refractivity contribution is 9.10. The molecule has 0 aliphatic rings. The van der Waals surface area contributed by atoms with Crippen molar-refractivity contribution in [2.75, 3.05) is 7.11 Å². The molecule has 0 atom stereocenters. The number of carboxylic acids is 1. The Labute approximate surface area is 265 Å². The first-order valence-electron chi connectivity index (χ1n) is 13.9. The summed E-state index contributed by atoms with van der Waals surface area (Å²) in [4.78, 5) is 29.9. The number of benzene rings is 4. The van der Waals surface area contributed by atoms with Crippen molar-refractivity contribution in [3.05, 3.63) is 135 Å². The minimum absolute atomic E-state index is 0.130. The predicted octanol–water partition coefficient (Wildman–Crippen LogP) is 7.47. The maximum Gasteiger partial charge on any atom is 0.335 e. The van der Waals surface area contributed by atoms with E-state index in [1.54, 1.807) is 54.8 Å². The van der Waals surface area contributed by atoms with Crippen molar-refractivity contribution in [1.82, 2.24) is 9.66 Å². The van der Waals surface area contributed by atoms with Crippen molar-refractivity contribution < 1.29 is 23.8 Å². The van der Waals surface area contributed by atoms with Crippen molar-refractivity contribution >= 4 is 50.0 Å². The third-order valence-electron chi connectivity index (χ3n) is 7.07. The lowest BCUT2D eigenvalue weighted by Crippen LogP contribution is -2.20. The van der Waals surface area contributed by atoms with Gasteiger partial charge in [0.15, 0.2) is 17.3 Å². The van der Waals surface area contributed by atoms with E-state index in [4.69, 9.17) is 18.9 Å². The summed E-state index contributed by atoms with van der Waals surface area (Å²) in [6.07, 6.45) is 3.75. The number of hydrogen-bond acceptors (Lipinski definition) is 7. The Morgan fingerprint density at radius 3 is 2.73 bits per heavy atom. The van der Waals surface area contributed by atoms with Crippen molar-refractivity contribution in [1.29, 1.82) is 0 Å². The van der Waals surface area contributed by atoms with Crippen LogP contribution < -0.4 is 15.0 Å². The molecule has 0 saturated heterocycles. The van der Waals surface area contributed by atoms with Crippen LogP contribution in [0.5, 0.6) is 11.5 Å². The number of carbonyl (C=O) groups is 1. The molecule has 4 aromatic carbocycles. The first kappa shape index (κ1) is 29.6. The molecule has 0 aliphatic carbocycles. The van der Waals surface area contributed by atoms with Crippen LogP contribution in [-0.4, -0.2) is 34.1 Å². The molecule has 0 bridgehead atoms. The van der Waals surface area contributed by atoms with E-state index in [0.717, 1.165) is 15.4 Å². The molecule has 0 saturated carbocycles. The molecule has 0 fully saturated rings. The number of allylic oxidation sites excluding steroid dienone is 1. The molecule has 0 amide bonds. The molecule has 0 spiro atoms. The van der Waals surface area contributed by atoms with Crippen LogP contribution in [0.25, 0.3) is 33.5 Å². The largest absolute Gasteiger partial charge is 0.493 e. The molecule has 0 aliphatic heterocycles. The van der Waals surface area contributed by atoms with Crippen LogP contribution in [0.15, 0.2) is 116 Å². The highest BCUT2D eigenvalue weighted by Crippen LogP contribution is 2.34. The van der Waals surface area contributed by atoms with Gasteiger partial charge in [-0.05, 0) is 78.2 Å². The second kappa shape index (κ2) is 12.6. The average Bonchev–Trinajstić information content (AvgIpc) is 3.47. The van der Waals surface area contributed by atoms with Gasteiger partial charge in [0.2, 0.25) is 5.82 Å². The van der Waals surface area contributed by atoms with E-state index >= 15 is 0 Å². The summed E-state index contributed by atoms with van der Waals surface area (Å²) < 4.78 is 20.0. The number of fused-ring (bicyclic) bond motifs is 2. The first-order valence-corrected chi connectivity index (χ1v) is 14.7. The van der Waals surface area contributed by atoms with Crippen LogP contribution in [0.4, 0.5) is 0 Å². The first-order chi connectivity index (χ1) is 21.8. The lowest BCUT2D eigenvalue weighted by molar-refractivity contribution is 0.0696. The number of methoxy groups -OCH3 is 1. The summed E-state index contributed by atoms with van der Waals surface area (Å²) in [7, 11) is 1.53. The molecule has 10 heteroatoms. The van der Waals surface area contributed by atoms with Gasteiger partial charge < -0.3 is 19.0 Å². The minimum Gasteiger partial charge on any atom is -0.493 e. The maximum absolute atomic E-state index is 13.7. The van der Waals surface area contributed by atoms with E-state index < -0.39 is 5.97 Å². The SMILES string of the molecule is C=CCc1cc(C=Nn2c(-c3cc4cc(Br)ccc4o3)nc3ccccc3c2=O)cc(OC)c1OCc1cccc(C(=O)O)c1. The fourth-order valence-corrected chi connectivity index (χ4v) is 5.35. The maximum atomic E-state index is 13.7. The van der Waals surface area contributed by atoms with Gasteiger partial charge in [0.05, 0.1) is 29.8 Å². The number of furan rings is 1. The molecular formula is C35H26BrN3O6. The number of ether oxygens (including phenoxy) is 2. The van der Waals surface area contributed by atoms with Gasteiger partial charge in [-0.15, -0.1) is 6.58 Å². The number of hydrogen-bond donors (Lipinski definition) is 1. The third-order valence-corrected chi connectivity index (χ3v) is 7.56.